The molecule has 0 bridgehead atoms. The van der Waals surface area contributed by atoms with Crippen LogP contribution in [0.25, 0.3) is 0 Å². The predicted molar refractivity (Wildman–Crippen MR) is 87.6 cm³/mol. The van der Waals surface area contributed by atoms with Crippen molar-refractivity contribution in [3.63, 3.8) is 0 Å². The largest absolute Gasteiger partial charge is 0.363 e. The minimum absolute atomic E-state index is 0.105. The summed E-state index contributed by atoms with van der Waals surface area (Å²) in [5.74, 6) is 0.824. The first-order valence-electron chi connectivity index (χ1n) is 7.52. The van der Waals surface area contributed by atoms with Crippen molar-refractivity contribution in [3.8, 4) is 0 Å². The molecule has 0 aromatic carbocycles. The van der Waals surface area contributed by atoms with E-state index < -0.39 is 10.0 Å². The van der Waals surface area contributed by atoms with E-state index in [-0.39, 0.29) is 11.1 Å². The van der Waals surface area contributed by atoms with Crippen molar-refractivity contribution in [2.75, 3.05) is 25.5 Å². The van der Waals surface area contributed by atoms with Crippen molar-refractivity contribution in [2.45, 2.75) is 23.9 Å². The average Bonchev–Trinajstić information content (AvgIpc) is 3.16. The van der Waals surface area contributed by atoms with E-state index in [1.54, 1.807) is 28.3 Å². The first kappa shape index (κ1) is 15.9. The van der Waals surface area contributed by atoms with Gasteiger partial charge in [0.15, 0.2) is 5.03 Å². The number of rotatable bonds is 4. The van der Waals surface area contributed by atoms with Crippen molar-refractivity contribution in [2.24, 2.45) is 7.05 Å². The first-order valence-corrected chi connectivity index (χ1v) is 8.96. The van der Waals surface area contributed by atoms with E-state index in [1.807, 2.05) is 31.1 Å². The Balaban J connectivity index is 1.96. The summed E-state index contributed by atoms with van der Waals surface area (Å²) in [6, 6.07) is 3.68. The Morgan fingerprint density at radius 3 is 2.74 bits per heavy atom. The van der Waals surface area contributed by atoms with Gasteiger partial charge in [0.1, 0.15) is 5.82 Å². The summed E-state index contributed by atoms with van der Waals surface area (Å²) in [7, 11) is 2.02. The molecule has 3 rings (SSSR count). The van der Waals surface area contributed by atoms with Crippen LogP contribution in [0.2, 0.25) is 0 Å². The fourth-order valence-electron chi connectivity index (χ4n) is 2.89. The van der Waals surface area contributed by atoms with Crippen LogP contribution in [0, 0.1) is 0 Å². The van der Waals surface area contributed by atoms with E-state index in [0.717, 1.165) is 24.2 Å². The molecule has 1 atom stereocenters. The van der Waals surface area contributed by atoms with Crippen LogP contribution in [0.15, 0.2) is 35.9 Å². The fourth-order valence-corrected chi connectivity index (χ4v) is 4.54. The molecular weight excluding hydrogens is 314 g/mol. The molecule has 1 unspecified atom stereocenters. The van der Waals surface area contributed by atoms with E-state index in [1.165, 1.54) is 6.33 Å². The van der Waals surface area contributed by atoms with Gasteiger partial charge in [0, 0.05) is 40.1 Å². The number of hydrogen-bond donors (Lipinski definition) is 0. The van der Waals surface area contributed by atoms with E-state index in [4.69, 9.17) is 0 Å². The van der Waals surface area contributed by atoms with Crippen LogP contribution < -0.4 is 4.90 Å². The molecule has 7 nitrogen and oxygen atoms in total. The van der Waals surface area contributed by atoms with E-state index in [0.29, 0.717) is 6.54 Å². The smallest absolute Gasteiger partial charge is 0.262 e. The topological polar surface area (TPSA) is 71.3 Å². The number of pyridine rings is 1. The second-order valence-electron chi connectivity index (χ2n) is 5.99. The molecule has 124 valence electrons. The van der Waals surface area contributed by atoms with Crippen molar-refractivity contribution >= 4 is 15.8 Å². The molecule has 8 heteroatoms. The Labute approximate surface area is 136 Å². The Kier molecular flexibility index (Phi) is 4.11. The summed E-state index contributed by atoms with van der Waals surface area (Å²) in [5, 5.41) is 0.105. The molecule has 1 saturated heterocycles. The van der Waals surface area contributed by atoms with Crippen molar-refractivity contribution in [3.05, 3.63) is 36.4 Å². The van der Waals surface area contributed by atoms with Gasteiger partial charge in [-0.3, -0.25) is 0 Å². The molecule has 2 aromatic heterocycles. The predicted octanol–water partition coefficient (Wildman–Crippen LogP) is 1.41. The van der Waals surface area contributed by atoms with Crippen molar-refractivity contribution in [1.82, 2.24) is 18.8 Å². The maximum absolute atomic E-state index is 12.9. The van der Waals surface area contributed by atoms with Crippen LogP contribution in [0.3, 0.4) is 0 Å². The van der Waals surface area contributed by atoms with E-state index in [9.17, 15) is 8.42 Å². The molecule has 1 aliphatic rings. The Hall–Kier alpha value is -1.93. The van der Waals surface area contributed by atoms with Gasteiger partial charge in [0.2, 0.25) is 0 Å². The normalized spacial score (nSPS) is 19.2. The van der Waals surface area contributed by atoms with Crippen molar-refractivity contribution in [1.29, 1.82) is 0 Å². The summed E-state index contributed by atoms with van der Waals surface area (Å²) >= 11 is 0. The fraction of sp³-hybridized carbons (Fsp3) is 0.467. The number of aryl methyl sites for hydroxylation is 1. The lowest BCUT2D eigenvalue weighted by molar-refractivity contribution is 0.395. The van der Waals surface area contributed by atoms with Crippen LogP contribution in [0.1, 0.15) is 24.4 Å². The van der Waals surface area contributed by atoms with Crippen molar-refractivity contribution < 1.29 is 8.42 Å². The lowest BCUT2D eigenvalue weighted by Gasteiger charge is -2.24. The molecule has 0 spiro atoms. The Morgan fingerprint density at radius 2 is 2.09 bits per heavy atom. The summed E-state index contributed by atoms with van der Waals surface area (Å²) in [4.78, 5) is 10.2. The third-order valence-electron chi connectivity index (χ3n) is 4.07. The highest BCUT2D eigenvalue weighted by atomic mass is 32.2. The van der Waals surface area contributed by atoms with Gasteiger partial charge in [-0.2, -0.15) is 4.31 Å². The quantitative estimate of drug-likeness (QED) is 0.845. The number of hydrogen-bond acceptors (Lipinski definition) is 5. The molecule has 1 aliphatic heterocycles. The van der Waals surface area contributed by atoms with Crippen LogP contribution in [0.4, 0.5) is 5.82 Å². The standard InChI is InChI=1S/C15H21N5O2S/c1-18(2)14-9-12(6-7-16-14)13-5-4-8-20(13)23(21,22)15-10-19(3)11-17-15/h6-7,9-11,13H,4-5,8H2,1-3H3. The van der Waals surface area contributed by atoms with Crippen LogP contribution >= 0.6 is 0 Å². The minimum atomic E-state index is -3.58. The molecule has 3 heterocycles. The number of anilines is 1. The average molecular weight is 335 g/mol. The molecule has 0 radical (unpaired) electrons. The molecule has 23 heavy (non-hydrogen) atoms. The van der Waals surface area contributed by atoms with Gasteiger partial charge in [-0.05, 0) is 30.5 Å². The number of sulfonamides is 1. The van der Waals surface area contributed by atoms with Gasteiger partial charge < -0.3 is 9.47 Å². The van der Waals surface area contributed by atoms with Crippen LogP contribution in [-0.4, -0.2) is 47.9 Å². The summed E-state index contributed by atoms with van der Waals surface area (Å²) < 4.78 is 29.0. The first-order chi connectivity index (χ1) is 10.9. The zero-order chi connectivity index (χ0) is 16.6. The Morgan fingerprint density at radius 1 is 1.30 bits per heavy atom. The number of imidazole rings is 1. The molecule has 0 saturated carbocycles. The van der Waals surface area contributed by atoms with Crippen LogP contribution in [-0.2, 0) is 17.1 Å². The van der Waals surface area contributed by atoms with Crippen LogP contribution in [0.5, 0.6) is 0 Å². The third kappa shape index (κ3) is 2.96. The highest BCUT2D eigenvalue weighted by Gasteiger charge is 2.37. The molecule has 0 amide bonds. The zero-order valence-corrected chi connectivity index (χ0v) is 14.4. The molecule has 2 aromatic rings. The third-order valence-corrected chi connectivity index (χ3v) is 5.86. The molecule has 0 N–H and O–H groups in total. The van der Waals surface area contributed by atoms with Gasteiger partial charge >= 0.3 is 0 Å². The van der Waals surface area contributed by atoms with E-state index >= 15 is 0 Å². The van der Waals surface area contributed by atoms with Gasteiger partial charge in [-0.15, -0.1) is 0 Å². The zero-order valence-electron chi connectivity index (χ0n) is 13.5. The summed E-state index contributed by atoms with van der Waals surface area (Å²) in [5.41, 5.74) is 0.973. The maximum Gasteiger partial charge on any atom is 0.262 e. The maximum atomic E-state index is 12.9. The lowest BCUT2D eigenvalue weighted by Crippen LogP contribution is -2.31. The number of nitrogens with zero attached hydrogens (tertiary/aromatic N) is 5. The SMILES string of the molecule is CN(C)c1cc(C2CCCN2S(=O)(=O)c2cn(C)cn2)ccn1. The van der Waals surface area contributed by atoms with Gasteiger partial charge in [-0.1, -0.05) is 0 Å². The van der Waals surface area contributed by atoms with E-state index in [2.05, 4.69) is 9.97 Å². The highest BCUT2D eigenvalue weighted by molar-refractivity contribution is 7.89. The Bertz CT molecular complexity index is 800. The highest BCUT2D eigenvalue weighted by Crippen LogP contribution is 2.36. The second kappa shape index (κ2) is 5.93. The van der Waals surface area contributed by atoms with Gasteiger partial charge in [0.05, 0.1) is 12.4 Å². The minimum Gasteiger partial charge on any atom is -0.363 e. The molecular formula is C15H21N5O2S. The number of aromatic nitrogens is 3. The van der Waals surface area contributed by atoms with Gasteiger partial charge in [0.25, 0.3) is 10.0 Å². The summed E-state index contributed by atoms with van der Waals surface area (Å²) in [6.07, 6.45) is 6.44. The molecule has 1 fully saturated rings. The summed E-state index contributed by atoms with van der Waals surface area (Å²) in [6.45, 7) is 0.517. The molecule has 0 aliphatic carbocycles. The van der Waals surface area contributed by atoms with Gasteiger partial charge in [-0.25, -0.2) is 18.4 Å². The lowest BCUT2D eigenvalue weighted by atomic mass is 10.1. The monoisotopic (exact) mass is 335 g/mol. The second-order valence-corrected chi connectivity index (χ2v) is 7.83.